The Morgan fingerprint density at radius 3 is 1.49 bits per heavy atom. The van der Waals surface area contributed by atoms with Gasteiger partial charge in [0, 0.05) is 51.4 Å². The van der Waals surface area contributed by atoms with Gasteiger partial charge in [0.2, 0.25) is 0 Å². The molecule has 0 unspecified atom stereocenters. The molecule has 0 radical (unpaired) electrons. The molecule has 0 fully saturated rings. The van der Waals surface area contributed by atoms with E-state index in [4.69, 9.17) is 19.4 Å². The largest absolute Gasteiger partial charge is 0.456 e. The molecule has 0 aliphatic carbocycles. The maximum Gasteiger partial charge on any atom is 0.163 e. The Morgan fingerprint density at radius 1 is 0.333 bits per heavy atom. The van der Waals surface area contributed by atoms with Gasteiger partial charge in [-0.05, 0) is 87.5 Å². The Morgan fingerprint density at radius 2 is 0.825 bits per heavy atom. The van der Waals surface area contributed by atoms with Gasteiger partial charge in [0.25, 0.3) is 0 Å². The van der Waals surface area contributed by atoms with E-state index in [1.54, 1.807) is 0 Å². The van der Waals surface area contributed by atoms with Gasteiger partial charge < -0.3 is 9.32 Å². The zero-order valence-corrected chi connectivity index (χ0v) is 34.3. The molecule has 0 amide bonds. The van der Waals surface area contributed by atoms with E-state index < -0.39 is 0 Å². The molecule has 11 aromatic rings. The van der Waals surface area contributed by atoms with Crippen molar-refractivity contribution in [1.82, 2.24) is 15.0 Å². The van der Waals surface area contributed by atoms with E-state index in [1.807, 2.05) is 48.5 Å². The number of aromatic nitrogens is 3. The predicted molar refractivity (Wildman–Crippen MR) is 258 cm³/mol. The maximum atomic E-state index is 6.72. The van der Waals surface area contributed by atoms with Crippen LogP contribution in [0.2, 0.25) is 0 Å². The summed E-state index contributed by atoms with van der Waals surface area (Å²) < 4.78 is 6.72. The summed E-state index contributed by atoms with van der Waals surface area (Å²) in [5, 5.41) is 2.09. The van der Waals surface area contributed by atoms with Gasteiger partial charge in [-0.2, -0.15) is 0 Å². The van der Waals surface area contributed by atoms with Gasteiger partial charge in [0.05, 0.1) is 0 Å². The molecule has 0 bridgehead atoms. The van der Waals surface area contributed by atoms with Crippen molar-refractivity contribution in [2.75, 3.05) is 4.90 Å². The van der Waals surface area contributed by atoms with Crippen LogP contribution in [0.3, 0.4) is 0 Å². The highest BCUT2D eigenvalue weighted by atomic mass is 16.3. The van der Waals surface area contributed by atoms with Crippen LogP contribution in [0, 0.1) is 0 Å². The molecule has 0 N–H and O–H groups in total. The summed E-state index contributed by atoms with van der Waals surface area (Å²) in [6, 6.07) is 80.3. The number of rotatable bonds is 10. The monoisotopic (exact) mass is 808 g/mol. The fourth-order valence-electron chi connectivity index (χ4n) is 8.49. The van der Waals surface area contributed by atoms with Gasteiger partial charge in [-0.25, -0.2) is 15.0 Å². The molecule has 0 saturated heterocycles. The van der Waals surface area contributed by atoms with Crippen molar-refractivity contribution in [3.8, 4) is 56.2 Å². The van der Waals surface area contributed by atoms with Crippen LogP contribution < -0.4 is 4.90 Å². The Labute approximate surface area is 366 Å². The normalized spacial score (nSPS) is 11.2. The van der Waals surface area contributed by atoms with E-state index in [1.165, 1.54) is 16.7 Å². The van der Waals surface area contributed by atoms with Crippen LogP contribution in [-0.2, 0) is 6.42 Å². The summed E-state index contributed by atoms with van der Waals surface area (Å²) in [4.78, 5) is 17.5. The molecule has 9 aromatic carbocycles. The van der Waals surface area contributed by atoms with Crippen LogP contribution in [0.25, 0.3) is 78.1 Å². The third-order valence-corrected chi connectivity index (χ3v) is 11.6. The Kier molecular flexibility index (Phi) is 9.88. The van der Waals surface area contributed by atoms with Crippen LogP contribution in [0.1, 0.15) is 11.4 Å². The van der Waals surface area contributed by atoms with Gasteiger partial charge in [-0.15, -0.1) is 0 Å². The lowest BCUT2D eigenvalue weighted by Crippen LogP contribution is -2.10. The molecule has 0 aliphatic heterocycles. The molecule has 0 aliphatic rings. The molecule has 2 aromatic heterocycles. The van der Waals surface area contributed by atoms with Crippen LogP contribution >= 0.6 is 0 Å². The van der Waals surface area contributed by atoms with Crippen molar-refractivity contribution in [3.05, 3.63) is 242 Å². The summed E-state index contributed by atoms with van der Waals surface area (Å²) >= 11 is 0. The molecule has 0 atom stereocenters. The molecule has 298 valence electrons. The van der Waals surface area contributed by atoms with E-state index in [0.717, 1.165) is 72.4 Å². The lowest BCUT2D eigenvalue weighted by Gasteiger charge is -2.26. The first-order valence-electron chi connectivity index (χ1n) is 21.2. The van der Waals surface area contributed by atoms with Crippen LogP contribution in [0.15, 0.2) is 235 Å². The predicted octanol–water partition coefficient (Wildman–Crippen LogP) is 15.2. The first-order chi connectivity index (χ1) is 31.2. The minimum absolute atomic E-state index is 0.494. The van der Waals surface area contributed by atoms with Gasteiger partial charge in [-0.3, -0.25) is 0 Å². The zero-order valence-electron chi connectivity index (χ0n) is 34.3. The van der Waals surface area contributed by atoms with Crippen molar-refractivity contribution < 1.29 is 4.42 Å². The van der Waals surface area contributed by atoms with Crippen molar-refractivity contribution in [2.45, 2.75) is 6.42 Å². The van der Waals surface area contributed by atoms with E-state index in [-0.39, 0.29) is 0 Å². The maximum absolute atomic E-state index is 6.72. The quantitative estimate of drug-likeness (QED) is 0.138. The first-order valence-corrected chi connectivity index (χ1v) is 21.2. The molecule has 0 spiro atoms. The van der Waals surface area contributed by atoms with Crippen molar-refractivity contribution in [2.24, 2.45) is 0 Å². The summed E-state index contributed by atoms with van der Waals surface area (Å²) in [5.74, 6) is 1.97. The van der Waals surface area contributed by atoms with Gasteiger partial charge in [-0.1, -0.05) is 176 Å². The van der Waals surface area contributed by atoms with E-state index in [9.17, 15) is 0 Å². The fourth-order valence-corrected chi connectivity index (χ4v) is 8.49. The molecule has 2 heterocycles. The van der Waals surface area contributed by atoms with Crippen LogP contribution in [0.4, 0.5) is 17.1 Å². The summed E-state index contributed by atoms with van der Waals surface area (Å²) in [6.07, 6.45) is 0.494. The number of benzene rings is 9. The number of anilines is 3. The van der Waals surface area contributed by atoms with Crippen LogP contribution in [-0.4, -0.2) is 15.0 Å². The Balaban J connectivity index is 0.997. The minimum atomic E-state index is 0.494. The van der Waals surface area contributed by atoms with Crippen LogP contribution in [0.5, 0.6) is 0 Å². The van der Waals surface area contributed by atoms with E-state index >= 15 is 0 Å². The van der Waals surface area contributed by atoms with E-state index in [0.29, 0.717) is 23.9 Å². The third kappa shape index (κ3) is 7.64. The second-order valence-corrected chi connectivity index (χ2v) is 15.6. The van der Waals surface area contributed by atoms with Gasteiger partial charge in [0.15, 0.2) is 11.6 Å². The summed E-state index contributed by atoms with van der Waals surface area (Å²) in [7, 11) is 0. The molecule has 0 saturated carbocycles. The number of furan rings is 1. The Bertz CT molecular complexity index is 3350. The number of fused-ring (bicyclic) bond motifs is 3. The summed E-state index contributed by atoms with van der Waals surface area (Å²) in [6.45, 7) is 0. The van der Waals surface area contributed by atoms with Gasteiger partial charge in [0.1, 0.15) is 17.0 Å². The number of nitrogens with zero attached hydrogens (tertiary/aromatic N) is 4. The molecule has 11 rings (SSSR count). The minimum Gasteiger partial charge on any atom is -0.456 e. The number of hydrogen-bond donors (Lipinski definition) is 0. The Hall–Kier alpha value is -8.41. The standard InChI is InChI=1S/C58H40N4O/c1-5-16-40(17-6-1)43-30-32-49(33-31-43)62(50-28-14-25-46(37-50)42-20-9-3-10-21-42)51-34-35-52-54(39-51)63-53-29-15-26-47(56(52)53)38-55-59-57(44-22-11-4-12-23-44)61-58(60-55)48-27-13-24-45(36-48)41-18-7-2-8-19-41/h1-37,39H,38H2. The highest BCUT2D eigenvalue weighted by Gasteiger charge is 2.19. The SMILES string of the molecule is c1ccc(-c2ccc(N(c3cccc(-c4ccccc4)c3)c3ccc4c(c3)oc3cccc(Cc5nc(-c6ccccc6)nc(-c6cccc(-c7ccccc7)c6)n5)c34)cc2)cc1. The van der Waals surface area contributed by atoms with E-state index in [2.05, 4.69) is 187 Å². The highest BCUT2D eigenvalue weighted by molar-refractivity contribution is 6.08. The summed E-state index contributed by atoms with van der Waals surface area (Å²) in [5.41, 5.74) is 14.6. The van der Waals surface area contributed by atoms with Crippen molar-refractivity contribution in [1.29, 1.82) is 0 Å². The molecular formula is C58H40N4O. The van der Waals surface area contributed by atoms with Crippen molar-refractivity contribution >= 4 is 39.0 Å². The molecule has 63 heavy (non-hydrogen) atoms. The number of hydrogen-bond acceptors (Lipinski definition) is 5. The molecule has 5 nitrogen and oxygen atoms in total. The average molecular weight is 809 g/mol. The smallest absolute Gasteiger partial charge is 0.163 e. The third-order valence-electron chi connectivity index (χ3n) is 11.6. The average Bonchev–Trinajstić information content (AvgIpc) is 3.74. The second kappa shape index (κ2) is 16.6. The second-order valence-electron chi connectivity index (χ2n) is 15.6. The van der Waals surface area contributed by atoms with Crippen molar-refractivity contribution in [3.63, 3.8) is 0 Å². The topological polar surface area (TPSA) is 55.1 Å². The lowest BCUT2D eigenvalue weighted by atomic mass is 10.0. The zero-order chi connectivity index (χ0) is 42.0. The first kappa shape index (κ1) is 37.6. The lowest BCUT2D eigenvalue weighted by molar-refractivity contribution is 0.668. The fraction of sp³-hybridized carbons (Fsp3) is 0.0172. The van der Waals surface area contributed by atoms with Gasteiger partial charge >= 0.3 is 0 Å². The molecule has 5 heteroatoms. The highest BCUT2D eigenvalue weighted by Crippen LogP contribution is 2.41. The molecular weight excluding hydrogens is 769 g/mol.